The van der Waals surface area contributed by atoms with Crippen LogP contribution in [0.3, 0.4) is 0 Å². The summed E-state index contributed by atoms with van der Waals surface area (Å²) in [5.74, 6) is -0.571. The van der Waals surface area contributed by atoms with Crippen LogP contribution in [-0.4, -0.2) is 22.7 Å². The van der Waals surface area contributed by atoms with Gasteiger partial charge in [0, 0.05) is 17.4 Å². The number of carboxylic acids is 1. The predicted molar refractivity (Wildman–Crippen MR) is 62.5 cm³/mol. The average Bonchev–Trinajstić information content (AvgIpc) is 2.89. The Morgan fingerprint density at radius 1 is 1.59 bits per heavy atom. The minimum Gasteiger partial charge on any atom is -0.477 e. The lowest BCUT2D eigenvalue weighted by Gasteiger charge is -2.09. The fourth-order valence-electron chi connectivity index (χ4n) is 1.54. The maximum Gasteiger partial charge on any atom is 0.343 e. The molecule has 6 heteroatoms. The zero-order valence-corrected chi connectivity index (χ0v) is 9.91. The summed E-state index contributed by atoms with van der Waals surface area (Å²) in [6, 6.07) is 3.14. The molecule has 1 aromatic rings. The predicted octanol–water partition coefficient (Wildman–Crippen LogP) is 1.69. The van der Waals surface area contributed by atoms with Crippen molar-refractivity contribution in [3.8, 4) is 0 Å². The highest BCUT2D eigenvalue weighted by molar-refractivity contribution is 8.04. The molecule has 90 valence electrons. The van der Waals surface area contributed by atoms with Crippen molar-refractivity contribution in [1.29, 1.82) is 0 Å². The Balaban J connectivity index is 2.19. The molecule has 0 spiro atoms. The number of hydrogen-bond acceptors (Lipinski definition) is 4. The molecule has 0 fully saturated rings. The number of carbonyl (C=O) groups is 2. The summed E-state index contributed by atoms with van der Waals surface area (Å²) in [4.78, 5) is 22.9. The highest BCUT2D eigenvalue weighted by atomic mass is 32.2. The number of amides is 1. The van der Waals surface area contributed by atoms with Crippen LogP contribution in [0, 0.1) is 5.92 Å². The topological polar surface area (TPSA) is 79.5 Å². The van der Waals surface area contributed by atoms with E-state index in [-0.39, 0.29) is 16.6 Å². The van der Waals surface area contributed by atoms with Gasteiger partial charge in [0.2, 0.25) is 0 Å². The largest absolute Gasteiger partial charge is 0.477 e. The molecule has 2 heterocycles. The van der Waals surface area contributed by atoms with Crippen LogP contribution in [-0.2, 0) is 4.79 Å². The Kier molecular flexibility index (Phi) is 3.23. The molecule has 0 aromatic carbocycles. The summed E-state index contributed by atoms with van der Waals surface area (Å²) in [5, 5.41) is 11.6. The van der Waals surface area contributed by atoms with E-state index in [9.17, 15) is 9.59 Å². The molecule has 0 aliphatic carbocycles. The van der Waals surface area contributed by atoms with Crippen LogP contribution in [0.2, 0.25) is 0 Å². The molecule has 1 atom stereocenters. The van der Waals surface area contributed by atoms with Gasteiger partial charge in [-0.15, -0.1) is 11.8 Å². The second-order valence-corrected chi connectivity index (χ2v) is 4.72. The highest BCUT2D eigenvalue weighted by Crippen LogP contribution is 2.34. The van der Waals surface area contributed by atoms with Crippen LogP contribution in [0.5, 0.6) is 0 Å². The van der Waals surface area contributed by atoms with Gasteiger partial charge in [-0.2, -0.15) is 0 Å². The van der Waals surface area contributed by atoms with Gasteiger partial charge in [-0.05, 0) is 12.1 Å². The van der Waals surface area contributed by atoms with Crippen molar-refractivity contribution in [2.75, 3.05) is 5.75 Å². The van der Waals surface area contributed by atoms with Crippen LogP contribution >= 0.6 is 11.8 Å². The lowest BCUT2D eigenvalue weighted by Crippen LogP contribution is -2.26. The lowest BCUT2D eigenvalue weighted by atomic mass is 10.1. The van der Waals surface area contributed by atoms with Gasteiger partial charge in [0.1, 0.15) is 4.91 Å². The number of allylic oxidation sites excluding steroid dienone is 1. The maximum atomic E-state index is 11.7. The molecule has 2 rings (SSSR count). The van der Waals surface area contributed by atoms with E-state index in [4.69, 9.17) is 9.52 Å². The molecule has 17 heavy (non-hydrogen) atoms. The van der Waals surface area contributed by atoms with Crippen molar-refractivity contribution in [3.05, 3.63) is 34.8 Å². The van der Waals surface area contributed by atoms with Gasteiger partial charge < -0.3 is 14.8 Å². The molecular weight excluding hydrogens is 242 g/mol. The molecule has 1 unspecified atom stereocenters. The zero-order chi connectivity index (χ0) is 12.4. The molecule has 0 saturated carbocycles. The lowest BCUT2D eigenvalue weighted by molar-refractivity contribution is -0.131. The second-order valence-electron chi connectivity index (χ2n) is 3.69. The van der Waals surface area contributed by atoms with Crippen molar-refractivity contribution in [1.82, 2.24) is 5.32 Å². The summed E-state index contributed by atoms with van der Waals surface area (Å²) in [6.07, 6.45) is 1.40. The molecule has 1 aromatic heterocycles. The number of hydrogen-bond donors (Lipinski definition) is 2. The maximum absolute atomic E-state index is 11.7. The Hall–Kier alpha value is -1.69. The van der Waals surface area contributed by atoms with Gasteiger partial charge in [-0.25, -0.2) is 4.79 Å². The number of furan rings is 1. The van der Waals surface area contributed by atoms with Gasteiger partial charge in [-0.3, -0.25) is 4.79 Å². The van der Waals surface area contributed by atoms with Gasteiger partial charge in [0.05, 0.1) is 6.26 Å². The summed E-state index contributed by atoms with van der Waals surface area (Å²) in [5.41, 5.74) is 0.462. The van der Waals surface area contributed by atoms with Gasteiger partial charge in [-0.1, -0.05) is 6.92 Å². The summed E-state index contributed by atoms with van der Waals surface area (Å²) >= 11 is 1.24. The van der Waals surface area contributed by atoms with Crippen LogP contribution in [0.15, 0.2) is 33.4 Å². The van der Waals surface area contributed by atoms with Crippen molar-refractivity contribution >= 4 is 23.6 Å². The van der Waals surface area contributed by atoms with Crippen molar-refractivity contribution in [2.45, 2.75) is 6.92 Å². The standard InChI is InChI=1S/C11H11NO4S/c1-6-5-17-9(11(14)15)8(6)12-10(13)7-3-2-4-16-7/h2-4,6H,5H2,1H3,(H,12,13)(H,14,15). The van der Waals surface area contributed by atoms with Crippen LogP contribution in [0.1, 0.15) is 17.5 Å². The molecule has 0 bridgehead atoms. The minimum absolute atomic E-state index is 0.0185. The van der Waals surface area contributed by atoms with E-state index in [1.54, 1.807) is 6.07 Å². The van der Waals surface area contributed by atoms with E-state index in [0.717, 1.165) is 0 Å². The van der Waals surface area contributed by atoms with E-state index in [1.165, 1.54) is 24.1 Å². The smallest absolute Gasteiger partial charge is 0.343 e. The SMILES string of the molecule is CC1CSC(C(=O)O)=C1NC(=O)c1ccco1. The first-order valence-corrected chi connectivity index (χ1v) is 6.03. The van der Waals surface area contributed by atoms with Gasteiger partial charge >= 0.3 is 5.97 Å². The van der Waals surface area contributed by atoms with Crippen LogP contribution in [0.25, 0.3) is 0 Å². The Morgan fingerprint density at radius 3 is 2.94 bits per heavy atom. The first kappa shape index (κ1) is 11.8. The molecular formula is C11H11NO4S. The quantitative estimate of drug-likeness (QED) is 0.856. The first-order chi connectivity index (χ1) is 8.09. The van der Waals surface area contributed by atoms with Crippen molar-refractivity contribution in [2.24, 2.45) is 5.92 Å². The van der Waals surface area contributed by atoms with Crippen LogP contribution in [0.4, 0.5) is 0 Å². The fourth-order valence-corrected chi connectivity index (χ4v) is 2.66. The van der Waals surface area contributed by atoms with E-state index in [2.05, 4.69) is 5.32 Å². The third kappa shape index (κ3) is 2.36. The van der Waals surface area contributed by atoms with E-state index < -0.39 is 11.9 Å². The molecule has 1 amide bonds. The summed E-state index contributed by atoms with van der Waals surface area (Å²) in [7, 11) is 0. The van der Waals surface area contributed by atoms with Crippen molar-refractivity contribution < 1.29 is 19.1 Å². The number of aliphatic carboxylic acids is 1. The number of nitrogens with one attached hydrogen (secondary N) is 1. The molecule has 0 radical (unpaired) electrons. The van der Waals surface area contributed by atoms with Crippen molar-refractivity contribution in [3.63, 3.8) is 0 Å². The number of carboxylic acid groups (broad SMARTS) is 1. The fraction of sp³-hybridized carbons (Fsp3) is 0.273. The number of thioether (sulfide) groups is 1. The van der Waals surface area contributed by atoms with Gasteiger partial charge in [0.15, 0.2) is 5.76 Å². The Morgan fingerprint density at radius 2 is 2.35 bits per heavy atom. The number of rotatable bonds is 3. The normalized spacial score (nSPS) is 19.5. The average molecular weight is 253 g/mol. The Bertz CT molecular complexity index is 478. The first-order valence-electron chi connectivity index (χ1n) is 5.04. The zero-order valence-electron chi connectivity index (χ0n) is 9.10. The molecule has 5 nitrogen and oxygen atoms in total. The summed E-state index contributed by atoms with van der Waals surface area (Å²) < 4.78 is 4.95. The molecule has 1 aliphatic heterocycles. The Labute approximate surface area is 102 Å². The van der Waals surface area contributed by atoms with E-state index in [0.29, 0.717) is 11.4 Å². The minimum atomic E-state index is -1.01. The summed E-state index contributed by atoms with van der Waals surface area (Å²) in [6.45, 7) is 1.88. The van der Waals surface area contributed by atoms with E-state index >= 15 is 0 Å². The second kappa shape index (κ2) is 4.67. The molecule has 2 N–H and O–H groups in total. The third-order valence-corrected chi connectivity index (χ3v) is 3.75. The van der Waals surface area contributed by atoms with Gasteiger partial charge in [0.25, 0.3) is 5.91 Å². The molecule has 0 saturated heterocycles. The van der Waals surface area contributed by atoms with Crippen LogP contribution < -0.4 is 5.32 Å². The third-order valence-electron chi connectivity index (χ3n) is 2.40. The highest BCUT2D eigenvalue weighted by Gasteiger charge is 2.29. The molecule has 1 aliphatic rings. The number of carbonyl (C=O) groups excluding carboxylic acids is 1. The van der Waals surface area contributed by atoms with E-state index in [1.807, 2.05) is 6.92 Å². The monoisotopic (exact) mass is 253 g/mol.